The number of likely N-dealkylation sites (N-methyl/N-ethyl adjacent to an activating group) is 1. The lowest BCUT2D eigenvalue weighted by Gasteiger charge is -2.13. The predicted molar refractivity (Wildman–Crippen MR) is 77.8 cm³/mol. The van der Waals surface area contributed by atoms with Crippen LogP contribution in [-0.2, 0) is 6.42 Å². The van der Waals surface area contributed by atoms with Gasteiger partial charge in [0.05, 0.1) is 5.56 Å². The number of fused-ring (bicyclic) bond motifs is 1. The standard InChI is InChI=1S/C16H15FN2O/c1-19-9-8-11-6-7-12(10-15(11)19)18-16(20)13-4-2-3-5-14(13)17/h2-7,10H,8-9H2,1H3,(H,18,20). The first-order chi connectivity index (χ1) is 9.65. The third-order valence-electron chi connectivity index (χ3n) is 3.59. The largest absolute Gasteiger partial charge is 0.374 e. The zero-order chi connectivity index (χ0) is 14.1. The Morgan fingerprint density at radius 3 is 2.85 bits per heavy atom. The second kappa shape index (κ2) is 4.96. The summed E-state index contributed by atoms with van der Waals surface area (Å²) in [5.41, 5.74) is 3.14. The highest BCUT2D eigenvalue weighted by Gasteiger charge is 2.17. The Morgan fingerprint density at radius 1 is 1.25 bits per heavy atom. The molecule has 4 heteroatoms. The third kappa shape index (κ3) is 2.25. The van der Waals surface area contributed by atoms with Crippen LogP contribution in [0.5, 0.6) is 0 Å². The topological polar surface area (TPSA) is 32.3 Å². The minimum atomic E-state index is -0.511. The van der Waals surface area contributed by atoms with E-state index in [0.29, 0.717) is 5.69 Å². The van der Waals surface area contributed by atoms with E-state index < -0.39 is 11.7 Å². The van der Waals surface area contributed by atoms with Gasteiger partial charge in [-0.2, -0.15) is 0 Å². The molecule has 0 unspecified atom stereocenters. The molecule has 0 aromatic heterocycles. The molecule has 0 atom stereocenters. The van der Waals surface area contributed by atoms with E-state index in [0.717, 1.165) is 18.7 Å². The second-order valence-electron chi connectivity index (χ2n) is 4.95. The summed E-state index contributed by atoms with van der Waals surface area (Å²) in [6, 6.07) is 11.8. The lowest BCUT2D eigenvalue weighted by molar-refractivity contribution is 0.102. The van der Waals surface area contributed by atoms with Crippen molar-refractivity contribution in [1.29, 1.82) is 0 Å². The molecule has 102 valence electrons. The van der Waals surface area contributed by atoms with Gasteiger partial charge >= 0.3 is 0 Å². The van der Waals surface area contributed by atoms with Gasteiger partial charge in [0.15, 0.2) is 0 Å². The van der Waals surface area contributed by atoms with Gasteiger partial charge in [-0.05, 0) is 36.2 Å². The van der Waals surface area contributed by atoms with Gasteiger partial charge in [0.1, 0.15) is 5.82 Å². The first kappa shape index (κ1) is 12.7. The Bertz CT molecular complexity index is 669. The molecular formula is C16H15FN2O. The Morgan fingerprint density at radius 2 is 2.05 bits per heavy atom. The molecule has 0 bridgehead atoms. The van der Waals surface area contributed by atoms with Crippen LogP contribution in [0.1, 0.15) is 15.9 Å². The summed E-state index contributed by atoms with van der Waals surface area (Å²) in [6.45, 7) is 0.986. The summed E-state index contributed by atoms with van der Waals surface area (Å²) >= 11 is 0. The molecule has 1 heterocycles. The van der Waals surface area contributed by atoms with Gasteiger partial charge in [-0.25, -0.2) is 4.39 Å². The van der Waals surface area contributed by atoms with Gasteiger partial charge in [-0.15, -0.1) is 0 Å². The van der Waals surface area contributed by atoms with Gasteiger partial charge in [0, 0.05) is 25.0 Å². The molecule has 0 aliphatic carbocycles. The number of benzene rings is 2. The summed E-state index contributed by atoms with van der Waals surface area (Å²) in [4.78, 5) is 14.2. The summed E-state index contributed by atoms with van der Waals surface area (Å²) in [7, 11) is 2.02. The number of nitrogens with one attached hydrogen (secondary N) is 1. The quantitative estimate of drug-likeness (QED) is 0.909. The number of nitrogens with zero attached hydrogens (tertiary/aromatic N) is 1. The van der Waals surface area contributed by atoms with Crippen LogP contribution in [-0.4, -0.2) is 19.5 Å². The summed E-state index contributed by atoms with van der Waals surface area (Å²) in [5, 5.41) is 2.74. The summed E-state index contributed by atoms with van der Waals surface area (Å²) < 4.78 is 13.6. The van der Waals surface area contributed by atoms with Crippen LogP contribution in [0.25, 0.3) is 0 Å². The van der Waals surface area contributed by atoms with E-state index in [1.807, 2.05) is 25.2 Å². The van der Waals surface area contributed by atoms with Gasteiger partial charge in [0.2, 0.25) is 0 Å². The van der Waals surface area contributed by atoms with Crippen molar-refractivity contribution in [3.05, 3.63) is 59.4 Å². The molecule has 0 fully saturated rings. The fourth-order valence-corrected chi connectivity index (χ4v) is 2.46. The van der Waals surface area contributed by atoms with Gasteiger partial charge in [0.25, 0.3) is 5.91 Å². The van der Waals surface area contributed by atoms with E-state index in [2.05, 4.69) is 10.2 Å². The molecular weight excluding hydrogens is 255 g/mol. The maximum Gasteiger partial charge on any atom is 0.258 e. The minimum absolute atomic E-state index is 0.0568. The zero-order valence-electron chi connectivity index (χ0n) is 11.2. The molecule has 0 radical (unpaired) electrons. The molecule has 1 aliphatic rings. The molecule has 1 N–H and O–H groups in total. The molecule has 0 saturated carbocycles. The average Bonchev–Trinajstić information content (AvgIpc) is 2.81. The van der Waals surface area contributed by atoms with Crippen LogP contribution >= 0.6 is 0 Å². The van der Waals surface area contributed by atoms with E-state index in [1.54, 1.807) is 12.1 Å². The van der Waals surface area contributed by atoms with E-state index >= 15 is 0 Å². The molecule has 3 nitrogen and oxygen atoms in total. The summed E-state index contributed by atoms with van der Waals surface area (Å²) in [5.74, 6) is -0.938. The minimum Gasteiger partial charge on any atom is -0.374 e. The number of anilines is 2. The number of carbonyl (C=O) groups excluding carboxylic acids is 1. The highest BCUT2D eigenvalue weighted by atomic mass is 19.1. The maximum absolute atomic E-state index is 13.6. The summed E-state index contributed by atoms with van der Waals surface area (Å²) in [6.07, 6.45) is 1.02. The van der Waals surface area contributed by atoms with Gasteiger partial charge in [-0.3, -0.25) is 4.79 Å². The predicted octanol–water partition coefficient (Wildman–Crippen LogP) is 3.07. The van der Waals surface area contributed by atoms with Crippen LogP contribution < -0.4 is 10.2 Å². The number of carbonyl (C=O) groups is 1. The van der Waals surface area contributed by atoms with Crippen LogP contribution in [0.3, 0.4) is 0 Å². The van der Waals surface area contributed by atoms with E-state index in [-0.39, 0.29) is 5.56 Å². The highest BCUT2D eigenvalue weighted by Crippen LogP contribution is 2.29. The molecule has 1 amide bonds. The molecule has 0 saturated heterocycles. The Hall–Kier alpha value is -2.36. The fraction of sp³-hybridized carbons (Fsp3) is 0.188. The van der Waals surface area contributed by atoms with Crippen molar-refractivity contribution >= 4 is 17.3 Å². The van der Waals surface area contributed by atoms with Gasteiger partial charge < -0.3 is 10.2 Å². The van der Waals surface area contributed by atoms with Crippen molar-refractivity contribution < 1.29 is 9.18 Å². The molecule has 2 aromatic carbocycles. The smallest absolute Gasteiger partial charge is 0.258 e. The lowest BCUT2D eigenvalue weighted by atomic mass is 10.1. The van der Waals surface area contributed by atoms with Crippen molar-refractivity contribution in [2.45, 2.75) is 6.42 Å². The molecule has 0 spiro atoms. The number of hydrogen-bond acceptors (Lipinski definition) is 2. The number of halogens is 1. The Kier molecular flexibility index (Phi) is 3.14. The molecule has 20 heavy (non-hydrogen) atoms. The molecule has 3 rings (SSSR count). The van der Waals surface area contributed by atoms with Gasteiger partial charge in [-0.1, -0.05) is 18.2 Å². The van der Waals surface area contributed by atoms with Crippen LogP contribution in [0.2, 0.25) is 0 Å². The number of hydrogen-bond donors (Lipinski definition) is 1. The first-order valence-corrected chi connectivity index (χ1v) is 6.55. The van der Waals surface area contributed by atoms with Crippen molar-refractivity contribution in [2.75, 3.05) is 23.8 Å². The van der Waals surface area contributed by atoms with E-state index in [4.69, 9.17) is 0 Å². The van der Waals surface area contributed by atoms with E-state index in [1.165, 1.54) is 17.7 Å². The fourth-order valence-electron chi connectivity index (χ4n) is 2.46. The monoisotopic (exact) mass is 270 g/mol. The van der Waals surface area contributed by atoms with Crippen molar-refractivity contribution in [3.63, 3.8) is 0 Å². The number of rotatable bonds is 2. The molecule has 2 aromatic rings. The average molecular weight is 270 g/mol. The van der Waals surface area contributed by atoms with Crippen LogP contribution in [0.15, 0.2) is 42.5 Å². The third-order valence-corrected chi connectivity index (χ3v) is 3.59. The zero-order valence-corrected chi connectivity index (χ0v) is 11.2. The van der Waals surface area contributed by atoms with Crippen LogP contribution in [0, 0.1) is 5.82 Å². The van der Waals surface area contributed by atoms with Crippen molar-refractivity contribution in [3.8, 4) is 0 Å². The second-order valence-corrected chi connectivity index (χ2v) is 4.95. The normalized spacial score (nSPS) is 13.2. The van der Waals surface area contributed by atoms with Crippen molar-refractivity contribution in [1.82, 2.24) is 0 Å². The highest BCUT2D eigenvalue weighted by molar-refractivity contribution is 6.04. The Labute approximate surface area is 117 Å². The van der Waals surface area contributed by atoms with Crippen molar-refractivity contribution in [2.24, 2.45) is 0 Å². The first-order valence-electron chi connectivity index (χ1n) is 6.55. The SMILES string of the molecule is CN1CCc2ccc(NC(=O)c3ccccc3F)cc21. The molecule has 1 aliphatic heterocycles. The Balaban J connectivity index is 1.84. The number of amides is 1. The maximum atomic E-state index is 13.6. The van der Waals surface area contributed by atoms with Crippen LogP contribution in [0.4, 0.5) is 15.8 Å². The van der Waals surface area contributed by atoms with E-state index in [9.17, 15) is 9.18 Å². The lowest BCUT2D eigenvalue weighted by Crippen LogP contribution is -2.15.